The second-order valence-corrected chi connectivity index (χ2v) is 7.45. The maximum atomic E-state index is 12.7. The van der Waals surface area contributed by atoms with Crippen LogP contribution in [0.1, 0.15) is 31.2 Å². The standard InChI is InChI=1S/C19H27N3O/c20-17-13-21(12-16(17)14-7-8-14)11-9-19(23)22-10-3-5-15-4-1-2-6-18(15)22/h1-2,4,6,14,16-17H,3,5,7-13,20H2/t16-,17+/m1/s1. The SMILES string of the molecule is N[C@H]1CN(CCC(=O)N2CCCc3ccccc32)C[C@@H]1C1CC1. The minimum absolute atomic E-state index is 0.264. The average Bonchev–Trinajstić information content (AvgIpc) is 3.35. The van der Waals surface area contributed by atoms with Crippen molar-refractivity contribution in [2.45, 2.75) is 38.1 Å². The molecule has 23 heavy (non-hydrogen) atoms. The van der Waals surface area contributed by atoms with Crippen LogP contribution >= 0.6 is 0 Å². The Kier molecular flexibility index (Phi) is 4.12. The Morgan fingerprint density at radius 1 is 1.22 bits per heavy atom. The van der Waals surface area contributed by atoms with Crippen LogP contribution in [0.3, 0.4) is 0 Å². The quantitative estimate of drug-likeness (QED) is 0.925. The molecule has 0 unspecified atom stereocenters. The molecule has 0 radical (unpaired) electrons. The van der Waals surface area contributed by atoms with Gasteiger partial charge in [-0.1, -0.05) is 18.2 Å². The number of benzene rings is 1. The number of nitrogens with zero attached hydrogens (tertiary/aromatic N) is 2. The predicted octanol–water partition coefficient (Wildman–Crippen LogP) is 2.03. The summed E-state index contributed by atoms with van der Waals surface area (Å²) in [5, 5.41) is 0. The van der Waals surface area contributed by atoms with Crippen molar-refractivity contribution in [1.29, 1.82) is 0 Å². The third-order valence-corrected chi connectivity index (χ3v) is 5.77. The number of aryl methyl sites for hydroxylation is 1. The first-order valence-corrected chi connectivity index (χ1v) is 9.08. The van der Waals surface area contributed by atoms with Crippen LogP contribution in [0.25, 0.3) is 0 Å². The van der Waals surface area contributed by atoms with E-state index in [-0.39, 0.29) is 5.91 Å². The lowest BCUT2D eigenvalue weighted by atomic mass is 9.99. The van der Waals surface area contributed by atoms with Crippen LogP contribution in [0.15, 0.2) is 24.3 Å². The van der Waals surface area contributed by atoms with E-state index in [1.165, 1.54) is 18.4 Å². The molecule has 124 valence electrons. The summed E-state index contributed by atoms with van der Waals surface area (Å²) in [5.74, 6) is 1.79. The van der Waals surface area contributed by atoms with Crippen molar-refractivity contribution in [2.24, 2.45) is 17.6 Å². The fourth-order valence-electron chi connectivity index (χ4n) is 4.33. The van der Waals surface area contributed by atoms with Gasteiger partial charge in [0.1, 0.15) is 0 Å². The molecule has 1 aliphatic carbocycles. The number of rotatable bonds is 4. The van der Waals surface area contributed by atoms with Gasteiger partial charge >= 0.3 is 0 Å². The van der Waals surface area contributed by atoms with E-state index in [1.54, 1.807) is 0 Å². The Hall–Kier alpha value is -1.39. The number of hydrogen-bond acceptors (Lipinski definition) is 3. The van der Waals surface area contributed by atoms with Gasteiger partial charge in [0.25, 0.3) is 0 Å². The van der Waals surface area contributed by atoms with Crippen molar-refractivity contribution >= 4 is 11.6 Å². The van der Waals surface area contributed by atoms with Crippen LogP contribution in [0.4, 0.5) is 5.69 Å². The second-order valence-electron chi connectivity index (χ2n) is 7.45. The fraction of sp³-hybridized carbons (Fsp3) is 0.632. The molecule has 0 spiro atoms. The van der Waals surface area contributed by atoms with E-state index < -0.39 is 0 Å². The number of anilines is 1. The molecular formula is C19H27N3O. The van der Waals surface area contributed by atoms with Gasteiger partial charge in [0, 0.05) is 44.3 Å². The molecule has 0 aromatic heterocycles. The zero-order valence-corrected chi connectivity index (χ0v) is 13.8. The largest absolute Gasteiger partial charge is 0.326 e. The van der Waals surface area contributed by atoms with Crippen molar-refractivity contribution < 1.29 is 4.79 Å². The molecule has 2 fully saturated rings. The lowest BCUT2D eigenvalue weighted by Gasteiger charge is -2.30. The van der Waals surface area contributed by atoms with E-state index in [0.29, 0.717) is 18.4 Å². The van der Waals surface area contributed by atoms with E-state index in [4.69, 9.17) is 5.73 Å². The highest BCUT2D eigenvalue weighted by Crippen LogP contribution is 2.40. The highest BCUT2D eigenvalue weighted by molar-refractivity contribution is 5.94. The Bertz CT molecular complexity index is 584. The molecule has 4 rings (SSSR count). The summed E-state index contributed by atoms with van der Waals surface area (Å²) in [6.07, 6.45) is 5.48. The second kappa shape index (κ2) is 6.25. The van der Waals surface area contributed by atoms with Crippen LogP contribution < -0.4 is 10.6 Å². The summed E-state index contributed by atoms with van der Waals surface area (Å²) in [4.78, 5) is 17.1. The molecule has 2 N–H and O–H groups in total. The van der Waals surface area contributed by atoms with Crippen molar-refractivity contribution in [1.82, 2.24) is 4.90 Å². The molecule has 0 bridgehead atoms. The lowest BCUT2D eigenvalue weighted by molar-refractivity contribution is -0.119. The Morgan fingerprint density at radius 2 is 2.04 bits per heavy atom. The van der Waals surface area contributed by atoms with E-state index in [9.17, 15) is 4.79 Å². The van der Waals surface area contributed by atoms with Crippen molar-refractivity contribution in [3.8, 4) is 0 Å². The van der Waals surface area contributed by atoms with Gasteiger partial charge in [-0.2, -0.15) is 0 Å². The van der Waals surface area contributed by atoms with Gasteiger partial charge in [-0.15, -0.1) is 0 Å². The van der Waals surface area contributed by atoms with Gasteiger partial charge in [-0.3, -0.25) is 4.79 Å². The molecule has 1 aromatic rings. The first kappa shape index (κ1) is 15.2. The summed E-state index contributed by atoms with van der Waals surface area (Å²) in [7, 11) is 0. The first-order chi connectivity index (χ1) is 11.2. The van der Waals surface area contributed by atoms with Gasteiger partial charge in [0.05, 0.1) is 0 Å². The van der Waals surface area contributed by atoms with Gasteiger partial charge in [0.2, 0.25) is 5.91 Å². The minimum Gasteiger partial charge on any atom is -0.326 e. The first-order valence-electron chi connectivity index (χ1n) is 9.08. The van der Waals surface area contributed by atoms with Crippen molar-refractivity contribution in [3.63, 3.8) is 0 Å². The Balaban J connectivity index is 1.34. The smallest absolute Gasteiger partial charge is 0.228 e. The molecule has 1 amide bonds. The zero-order valence-electron chi connectivity index (χ0n) is 13.8. The maximum Gasteiger partial charge on any atom is 0.228 e. The lowest BCUT2D eigenvalue weighted by Crippen LogP contribution is -2.37. The van der Waals surface area contributed by atoms with Crippen molar-refractivity contribution in [3.05, 3.63) is 29.8 Å². The number of fused-ring (bicyclic) bond motifs is 1. The van der Waals surface area contributed by atoms with E-state index in [2.05, 4.69) is 23.1 Å². The molecule has 2 aliphatic heterocycles. The van der Waals surface area contributed by atoms with Gasteiger partial charge < -0.3 is 15.5 Å². The summed E-state index contributed by atoms with van der Waals surface area (Å²) in [6, 6.07) is 8.64. The molecule has 4 nitrogen and oxygen atoms in total. The van der Waals surface area contributed by atoms with Crippen LogP contribution in [0, 0.1) is 11.8 Å². The summed E-state index contributed by atoms with van der Waals surface area (Å²) < 4.78 is 0. The predicted molar refractivity (Wildman–Crippen MR) is 92.4 cm³/mol. The molecule has 4 heteroatoms. The normalized spacial score (nSPS) is 28.0. The molecule has 1 saturated heterocycles. The average molecular weight is 313 g/mol. The number of carbonyl (C=O) groups excluding carboxylic acids is 1. The molecular weight excluding hydrogens is 286 g/mol. The van der Waals surface area contributed by atoms with E-state index in [0.717, 1.165) is 50.6 Å². The fourth-order valence-corrected chi connectivity index (χ4v) is 4.33. The van der Waals surface area contributed by atoms with Crippen molar-refractivity contribution in [2.75, 3.05) is 31.1 Å². The van der Waals surface area contributed by atoms with Gasteiger partial charge in [-0.25, -0.2) is 0 Å². The highest BCUT2D eigenvalue weighted by Gasteiger charge is 2.40. The zero-order chi connectivity index (χ0) is 15.8. The Labute approximate surface area is 138 Å². The number of likely N-dealkylation sites (tertiary alicyclic amines) is 1. The third kappa shape index (κ3) is 3.15. The molecule has 2 atom stereocenters. The number of hydrogen-bond donors (Lipinski definition) is 1. The number of amides is 1. The Morgan fingerprint density at radius 3 is 2.87 bits per heavy atom. The molecule has 3 aliphatic rings. The monoisotopic (exact) mass is 313 g/mol. The third-order valence-electron chi connectivity index (χ3n) is 5.77. The number of para-hydroxylation sites is 1. The van der Waals surface area contributed by atoms with Gasteiger partial charge in [0.15, 0.2) is 0 Å². The van der Waals surface area contributed by atoms with Crippen LogP contribution in [0.2, 0.25) is 0 Å². The molecule has 2 heterocycles. The summed E-state index contributed by atoms with van der Waals surface area (Å²) in [5.41, 5.74) is 8.72. The minimum atomic E-state index is 0.264. The molecule has 1 saturated carbocycles. The van der Waals surface area contributed by atoms with E-state index in [1.807, 2.05) is 11.0 Å². The molecule has 1 aromatic carbocycles. The topological polar surface area (TPSA) is 49.6 Å². The maximum absolute atomic E-state index is 12.7. The summed E-state index contributed by atoms with van der Waals surface area (Å²) >= 11 is 0. The van der Waals surface area contributed by atoms with Crippen LogP contribution in [-0.4, -0.2) is 43.0 Å². The van der Waals surface area contributed by atoms with Crippen LogP contribution in [-0.2, 0) is 11.2 Å². The number of carbonyl (C=O) groups is 1. The van der Waals surface area contributed by atoms with Gasteiger partial charge in [-0.05, 0) is 49.1 Å². The highest BCUT2D eigenvalue weighted by atomic mass is 16.2. The van der Waals surface area contributed by atoms with E-state index >= 15 is 0 Å². The van der Waals surface area contributed by atoms with Crippen LogP contribution in [0.5, 0.6) is 0 Å². The summed E-state index contributed by atoms with van der Waals surface area (Å²) in [6.45, 7) is 3.77. The number of nitrogens with two attached hydrogens (primary N) is 1.